The van der Waals surface area contributed by atoms with Crippen LogP contribution < -0.4 is 15.8 Å². The second-order valence-corrected chi connectivity index (χ2v) is 5.20. The Kier molecular flexibility index (Phi) is 2.50. The van der Waals surface area contributed by atoms with E-state index in [0.717, 1.165) is 12.5 Å². The van der Waals surface area contributed by atoms with Crippen molar-refractivity contribution in [1.29, 1.82) is 0 Å². The van der Waals surface area contributed by atoms with Crippen molar-refractivity contribution in [2.75, 3.05) is 6.61 Å². The lowest BCUT2D eigenvalue weighted by Crippen LogP contribution is -2.40. The molecule has 6 heteroatoms. The van der Waals surface area contributed by atoms with Gasteiger partial charge in [-0.1, -0.05) is 11.6 Å². The van der Waals surface area contributed by atoms with E-state index >= 15 is 0 Å². The first kappa shape index (κ1) is 11.7. The molecule has 3 N–H and O–H groups in total. The number of nitrogens with two attached hydrogens (primary N) is 1. The maximum atomic E-state index is 13.1. The van der Waals surface area contributed by atoms with Crippen LogP contribution in [0.3, 0.4) is 0 Å². The van der Waals surface area contributed by atoms with E-state index in [1.54, 1.807) is 0 Å². The van der Waals surface area contributed by atoms with Gasteiger partial charge in [-0.05, 0) is 18.6 Å². The second-order valence-electron chi connectivity index (χ2n) is 4.79. The van der Waals surface area contributed by atoms with Crippen molar-refractivity contribution < 1.29 is 13.9 Å². The molecule has 0 spiro atoms. The minimum atomic E-state index is -0.570. The number of nitrogens with one attached hydrogen (secondary N) is 1. The normalized spacial score (nSPS) is 31.5. The number of amides is 1. The highest BCUT2D eigenvalue weighted by atomic mass is 35.5. The first-order valence-corrected chi connectivity index (χ1v) is 6.05. The minimum Gasteiger partial charge on any atom is -0.484 e. The van der Waals surface area contributed by atoms with Gasteiger partial charge in [0.2, 0.25) is 0 Å². The molecule has 0 radical (unpaired) electrons. The first-order chi connectivity index (χ1) is 8.53. The van der Waals surface area contributed by atoms with E-state index in [-0.39, 0.29) is 34.9 Å². The maximum Gasteiger partial charge on any atom is 0.258 e. The summed E-state index contributed by atoms with van der Waals surface area (Å²) >= 11 is 5.54. The van der Waals surface area contributed by atoms with E-state index in [0.29, 0.717) is 5.92 Å². The molecule has 0 aliphatic heterocycles. The molecule has 2 fully saturated rings. The summed E-state index contributed by atoms with van der Waals surface area (Å²) in [5, 5.41) is 2.87. The number of hydrogen-bond acceptors (Lipinski definition) is 3. The van der Waals surface area contributed by atoms with Gasteiger partial charge in [0.1, 0.15) is 11.6 Å². The predicted molar refractivity (Wildman–Crippen MR) is 63.9 cm³/mol. The van der Waals surface area contributed by atoms with E-state index in [2.05, 4.69) is 5.32 Å². The largest absolute Gasteiger partial charge is 0.484 e. The summed E-state index contributed by atoms with van der Waals surface area (Å²) in [4.78, 5) is 11.6. The predicted octanol–water partition coefficient (Wildman–Crippen LogP) is 1.07. The van der Waals surface area contributed by atoms with Gasteiger partial charge in [0.25, 0.3) is 5.91 Å². The molecule has 1 aromatic rings. The number of carbonyl (C=O) groups excluding carboxylic acids is 1. The van der Waals surface area contributed by atoms with Crippen LogP contribution in [0.25, 0.3) is 0 Å². The van der Waals surface area contributed by atoms with E-state index in [1.807, 2.05) is 0 Å². The Morgan fingerprint density at radius 1 is 1.67 bits per heavy atom. The van der Waals surface area contributed by atoms with Crippen LogP contribution in [0.2, 0.25) is 5.02 Å². The molecule has 3 atom stereocenters. The fraction of sp³-hybridized carbons (Fsp3) is 0.417. The first-order valence-electron chi connectivity index (χ1n) is 5.67. The lowest BCUT2D eigenvalue weighted by atomic mass is 10.3. The van der Waals surface area contributed by atoms with Crippen molar-refractivity contribution in [3.63, 3.8) is 0 Å². The average molecular weight is 271 g/mol. The molecule has 96 valence electrons. The highest BCUT2D eigenvalue weighted by Gasteiger charge is 2.78. The Morgan fingerprint density at radius 3 is 2.94 bits per heavy atom. The Balaban J connectivity index is 1.51. The Morgan fingerprint density at radius 2 is 2.39 bits per heavy atom. The summed E-state index contributed by atoms with van der Waals surface area (Å²) in [5.41, 5.74) is 5.56. The summed E-state index contributed by atoms with van der Waals surface area (Å²) in [6.07, 6.45) is 0.954. The molecule has 2 aliphatic rings. The fourth-order valence-corrected chi connectivity index (χ4v) is 2.31. The maximum absolute atomic E-state index is 13.1. The van der Waals surface area contributed by atoms with E-state index in [9.17, 15) is 9.18 Å². The lowest BCUT2D eigenvalue weighted by Gasteiger charge is -2.11. The van der Waals surface area contributed by atoms with Crippen LogP contribution in [-0.4, -0.2) is 24.1 Å². The van der Waals surface area contributed by atoms with Gasteiger partial charge in [0, 0.05) is 18.0 Å². The van der Waals surface area contributed by atoms with Crippen molar-refractivity contribution in [2.45, 2.75) is 18.0 Å². The molecule has 0 bridgehead atoms. The SMILES string of the molecule is NC1C2CC12NC(=O)COc1ccc(Cl)c(F)c1. The number of ether oxygens (including phenoxy) is 1. The third kappa shape index (κ3) is 1.83. The standard InChI is InChI=1S/C12H12ClFN2O2/c13-8-2-1-6(3-9(8)14)18-5-10(17)16-12-4-7(12)11(12)15/h1-3,7,11H,4-5,15H2,(H,16,17). The third-order valence-corrected chi connectivity index (χ3v) is 3.92. The monoisotopic (exact) mass is 270 g/mol. The molecule has 4 nitrogen and oxygen atoms in total. The lowest BCUT2D eigenvalue weighted by molar-refractivity contribution is -0.123. The molecule has 0 aromatic heterocycles. The van der Waals surface area contributed by atoms with E-state index in [4.69, 9.17) is 22.1 Å². The summed E-state index contributed by atoms with van der Waals surface area (Å²) < 4.78 is 18.3. The van der Waals surface area contributed by atoms with Crippen molar-refractivity contribution in [2.24, 2.45) is 11.7 Å². The third-order valence-electron chi connectivity index (χ3n) is 3.61. The molecule has 3 rings (SSSR count). The second kappa shape index (κ2) is 3.83. The molecule has 1 amide bonds. The van der Waals surface area contributed by atoms with Gasteiger partial charge in [-0.25, -0.2) is 4.39 Å². The van der Waals surface area contributed by atoms with Crippen molar-refractivity contribution in [3.05, 3.63) is 29.0 Å². The van der Waals surface area contributed by atoms with Crippen molar-refractivity contribution >= 4 is 17.5 Å². The van der Waals surface area contributed by atoms with Gasteiger partial charge in [0.05, 0.1) is 10.6 Å². The molecule has 2 aliphatic carbocycles. The number of benzene rings is 1. The fourth-order valence-electron chi connectivity index (χ4n) is 2.20. The van der Waals surface area contributed by atoms with Gasteiger partial charge in [-0.3, -0.25) is 4.79 Å². The van der Waals surface area contributed by atoms with Crippen LogP contribution >= 0.6 is 11.6 Å². The molecule has 2 saturated carbocycles. The molecule has 0 heterocycles. The number of halogens is 2. The highest BCUT2D eigenvalue weighted by molar-refractivity contribution is 6.30. The van der Waals surface area contributed by atoms with Crippen LogP contribution in [0.15, 0.2) is 18.2 Å². The summed E-state index contributed by atoms with van der Waals surface area (Å²) in [6.45, 7) is -0.151. The molecule has 1 aromatic carbocycles. The van der Waals surface area contributed by atoms with Gasteiger partial charge < -0.3 is 15.8 Å². The van der Waals surface area contributed by atoms with Gasteiger partial charge >= 0.3 is 0 Å². The van der Waals surface area contributed by atoms with E-state index < -0.39 is 5.82 Å². The Labute approximate surface area is 108 Å². The Hall–Kier alpha value is -1.33. The molecular formula is C12H12ClFN2O2. The van der Waals surface area contributed by atoms with Crippen LogP contribution in [0, 0.1) is 11.7 Å². The molecular weight excluding hydrogens is 259 g/mol. The highest BCUT2D eigenvalue weighted by Crippen LogP contribution is 2.65. The summed E-state index contributed by atoms with van der Waals surface area (Å²) in [7, 11) is 0. The van der Waals surface area contributed by atoms with Crippen LogP contribution in [0.1, 0.15) is 6.42 Å². The zero-order valence-electron chi connectivity index (χ0n) is 9.45. The zero-order valence-corrected chi connectivity index (χ0v) is 10.2. The minimum absolute atomic E-state index is 0.0236. The van der Waals surface area contributed by atoms with Gasteiger partial charge in [-0.15, -0.1) is 0 Å². The average Bonchev–Trinajstić information content (AvgIpc) is 3.19. The number of hydrogen-bond donors (Lipinski definition) is 2. The summed E-state index contributed by atoms with van der Waals surface area (Å²) in [5.74, 6) is -0.0909. The number of carbonyl (C=O) groups is 1. The van der Waals surface area contributed by atoms with Crippen LogP contribution in [-0.2, 0) is 4.79 Å². The van der Waals surface area contributed by atoms with Gasteiger partial charge in [0.15, 0.2) is 6.61 Å². The Bertz CT molecular complexity index is 519. The molecule has 0 saturated heterocycles. The van der Waals surface area contributed by atoms with Crippen molar-refractivity contribution in [1.82, 2.24) is 5.32 Å². The summed E-state index contributed by atoms with van der Waals surface area (Å²) in [6, 6.07) is 4.14. The van der Waals surface area contributed by atoms with Crippen LogP contribution in [0.4, 0.5) is 4.39 Å². The zero-order chi connectivity index (χ0) is 12.9. The smallest absolute Gasteiger partial charge is 0.258 e. The molecule has 3 unspecified atom stereocenters. The number of fused-ring (bicyclic) bond motifs is 1. The topological polar surface area (TPSA) is 64.3 Å². The number of rotatable bonds is 4. The van der Waals surface area contributed by atoms with Crippen molar-refractivity contribution in [3.8, 4) is 5.75 Å². The molecule has 18 heavy (non-hydrogen) atoms. The van der Waals surface area contributed by atoms with Gasteiger partial charge in [-0.2, -0.15) is 0 Å². The van der Waals surface area contributed by atoms with Crippen LogP contribution in [0.5, 0.6) is 5.75 Å². The quantitative estimate of drug-likeness (QED) is 0.860. The van der Waals surface area contributed by atoms with E-state index in [1.165, 1.54) is 12.1 Å².